The third-order valence-corrected chi connectivity index (χ3v) is 4.74. The van der Waals surface area contributed by atoms with E-state index in [2.05, 4.69) is 45.9 Å². The molecule has 0 saturated carbocycles. The van der Waals surface area contributed by atoms with E-state index in [1.807, 2.05) is 18.2 Å². The van der Waals surface area contributed by atoms with Gasteiger partial charge in [-0.3, -0.25) is 4.79 Å². The van der Waals surface area contributed by atoms with E-state index in [0.29, 0.717) is 0 Å². The van der Waals surface area contributed by atoms with Crippen molar-refractivity contribution in [1.82, 2.24) is 20.1 Å². The molecule has 1 atom stereocenters. The van der Waals surface area contributed by atoms with Crippen molar-refractivity contribution < 1.29 is 4.79 Å². The smallest absolute Gasteiger partial charge is 0.242 e. The van der Waals surface area contributed by atoms with Gasteiger partial charge in [-0.15, -0.1) is 11.3 Å². The highest BCUT2D eigenvalue weighted by molar-refractivity contribution is 7.10. The van der Waals surface area contributed by atoms with E-state index in [-0.39, 0.29) is 18.5 Å². The van der Waals surface area contributed by atoms with Gasteiger partial charge in [0.1, 0.15) is 19.2 Å². The zero-order valence-electron chi connectivity index (χ0n) is 12.8. The van der Waals surface area contributed by atoms with Crippen LogP contribution in [-0.4, -0.2) is 20.7 Å². The van der Waals surface area contributed by atoms with Crippen molar-refractivity contribution in [2.24, 2.45) is 0 Å². The van der Waals surface area contributed by atoms with Crippen LogP contribution in [-0.2, 0) is 17.8 Å². The number of amides is 1. The summed E-state index contributed by atoms with van der Waals surface area (Å²) >= 11 is 1.68. The van der Waals surface area contributed by atoms with Crippen LogP contribution in [0, 0.1) is 6.92 Å². The fraction of sp³-hybridized carbons (Fsp3) is 0.235. The molecule has 0 aliphatic rings. The van der Waals surface area contributed by atoms with Crippen LogP contribution in [0.15, 0.2) is 54.4 Å². The van der Waals surface area contributed by atoms with Gasteiger partial charge in [0.05, 0.1) is 6.04 Å². The number of hydrogen-bond acceptors (Lipinski definition) is 4. The molecule has 1 N–H and O–H groups in total. The van der Waals surface area contributed by atoms with Crippen LogP contribution in [0.2, 0.25) is 0 Å². The predicted molar refractivity (Wildman–Crippen MR) is 90.1 cm³/mol. The van der Waals surface area contributed by atoms with Gasteiger partial charge >= 0.3 is 0 Å². The van der Waals surface area contributed by atoms with Gasteiger partial charge in [-0.1, -0.05) is 30.3 Å². The van der Waals surface area contributed by atoms with Gasteiger partial charge in [0.25, 0.3) is 0 Å². The molecule has 0 saturated heterocycles. The molecule has 1 aromatic carbocycles. The van der Waals surface area contributed by atoms with E-state index in [0.717, 1.165) is 6.42 Å². The minimum atomic E-state index is -0.0655. The molecule has 3 rings (SSSR count). The molecular formula is C17H18N4OS. The molecule has 0 spiro atoms. The Balaban J connectivity index is 1.75. The van der Waals surface area contributed by atoms with Crippen LogP contribution in [0.25, 0.3) is 0 Å². The van der Waals surface area contributed by atoms with Crippen LogP contribution in [0.3, 0.4) is 0 Å². The van der Waals surface area contributed by atoms with Crippen LogP contribution in [0.1, 0.15) is 22.0 Å². The maximum absolute atomic E-state index is 12.3. The zero-order chi connectivity index (χ0) is 16.1. The Morgan fingerprint density at radius 2 is 2.13 bits per heavy atom. The van der Waals surface area contributed by atoms with Gasteiger partial charge < -0.3 is 5.32 Å². The second-order valence-corrected chi connectivity index (χ2v) is 6.32. The van der Waals surface area contributed by atoms with Gasteiger partial charge in [0.15, 0.2) is 0 Å². The van der Waals surface area contributed by atoms with Gasteiger partial charge in [-0.25, -0.2) is 9.67 Å². The van der Waals surface area contributed by atoms with Crippen molar-refractivity contribution in [3.05, 3.63) is 70.4 Å². The van der Waals surface area contributed by atoms with Crippen molar-refractivity contribution in [1.29, 1.82) is 0 Å². The van der Waals surface area contributed by atoms with Gasteiger partial charge in [-0.05, 0) is 35.9 Å². The lowest BCUT2D eigenvalue weighted by Gasteiger charge is -2.19. The lowest BCUT2D eigenvalue weighted by Crippen LogP contribution is -2.32. The number of aryl methyl sites for hydroxylation is 1. The number of nitrogens with one attached hydrogen (secondary N) is 1. The number of benzene rings is 1. The number of hydrogen-bond donors (Lipinski definition) is 1. The zero-order valence-corrected chi connectivity index (χ0v) is 13.7. The van der Waals surface area contributed by atoms with E-state index in [9.17, 15) is 4.79 Å². The molecule has 0 unspecified atom stereocenters. The third kappa shape index (κ3) is 4.04. The Hall–Kier alpha value is -2.47. The first kappa shape index (κ1) is 15.4. The summed E-state index contributed by atoms with van der Waals surface area (Å²) in [7, 11) is 0. The van der Waals surface area contributed by atoms with Crippen LogP contribution >= 0.6 is 11.3 Å². The molecule has 0 fully saturated rings. The van der Waals surface area contributed by atoms with Crippen molar-refractivity contribution in [2.75, 3.05) is 0 Å². The number of thiophene rings is 1. The fourth-order valence-electron chi connectivity index (χ4n) is 2.50. The summed E-state index contributed by atoms with van der Waals surface area (Å²) in [5.41, 5.74) is 2.41. The highest BCUT2D eigenvalue weighted by Crippen LogP contribution is 2.27. The second-order valence-electron chi connectivity index (χ2n) is 5.37. The number of nitrogens with zero attached hydrogens (tertiary/aromatic N) is 3. The van der Waals surface area contributed by atoms with E-state index in [1.165, 1.54) is 27.0 Å². The van der Waals surface area contributed by atoms with E-state index >= 15 is 0 Å². The highest BCUT2D eigenvalue weighted by Gasteiger charge is 2.18. The number of rotatable bonds is 6. The molecule has 2 heterocycles. The minimum absolute atomic E-state index is 0.0339. The molecule has 1 amide bonds. The molecule has 0 aliphatic carbocycles. The van der Waals surface area contributed by atoms with Crippen LogP contribution < -0.4 is 5.32 Å². The number of carbonyl (C=O) groups is 1. The normalized spacial score (nSPS) is 12.0. The summed E-state index contributed by atoms with van der Waals surface area (Å²) in [4.78, 5) is 17.4. The summed E-state index contributed by atoms with van der Waals surface area (Å²) < 4.78 is 1.52. The molecule has 0 bridgehead atoms. The SMILES string of the molecule is Cc1ccsc1[C@@H](Cc1ccccc1)NC(=O)Cn1cncn1. The maximum atomic E-state index is 12.3. The first-order valence-corrected chi connectivity index (χ1v) is 8.30. The third-order valence-electron chi connectivity index (χ3n) is 3.61. The molecule has 6 heteroatoms. The van der Waals surface area contributed by atoms with Crippen LogP contribution in [0.4, 0.5) is 0 Å². The lowest BCUT2D eigenvalue weighted by molar-refractivity contribution is -0.122. The molecule has 2 aromatic heterocycles. The predicted octanol–water partition coefficient (Wildman–Crippen LogP) is 2.75. The van der Waals surface area contributed by atoms with Crippen molar-refractivity contribution >= 4 is 17.2 Å². The average Bonchev–Trinajstić information content (AvgIpc) is 3.19. The number of aromatic nitrogens is 3. The van der Waals surface area contributed by atoms with E-state index in [1.54, 1.807) is 17.7 Å². The molecular weight excluding hydrogens is 308 g/mol. The Labute approximate surface area is 139 Å². The topological polar surface area (TPSA) is 59.8 Å². The molecule has 5 nitrogen and oxygen atoms in total. The average molecular weight is 326 g/mol. The summed E-state index contributed by atoms with van der Waals surface area (Å²) in [5, 5.41) is 9.17. The van der Waals surface area contributed by atoms with Crippen molar-refractivity contribution in [2.45, 2.75) is 25.9 Å². The van der Waals surface area contributed by atoms with Crippen molar-refractivity contribution in [3.8, 4) is 0 Å². The Bertz CT molecular complexity index is 752. The summed E-state index contributed by atoms with van der Waals surface area (Å²) in [5.74, 6) is -0.0655. The highest BCUT2D eigenvalue weighted by atomic mass is 32.1. The lowest BCUT2D eigenvalue weighted by atomic mass is 10.0. The summed E-state index contributed by atoms with van der Waals surface area (Å²) in [6, 6.07) is 12.3. The molecule has 0 radical (unpaired) electrons. The second kappa shape index (κ2) is 7.19. The first-order valence-electron chi connectivity index (χ1n) is 7.42. The number of carbonyl (C=O) groups excluding carboxylic acids is 1. The minimum Gasteiger partial charge on any atom is -0.347 e. The van der Waals surface area contributed by atoms with E-state index in [4.69, 9.17) is 0 Å². The standard InChI is InChI=1S/C17H18N4OS/c1-13-7-8-23-17(13)15(9-14-5-3-2-4-6-14)20-16(22)10-21-12-18-11-19-21/h2-8,11-12,15H,9-10H2,1H3,(H,20,22)/t15-/m1/s1. The molecule has 0 aliphatic heterocycles. The summed E-state index contributed by atoms with van der Waals surface area (Å²) in [6.45, 7) is 2.25. The molecule has 23 heavy (non-hydrogen) atoms. The Morgan fingerprint density at radius 3 is 2.78 bits per heavy atom. The van der Waals surface area contributed by atoms with Crippen molar-refractivity contribution in [3.63, 3.8) is 0 Å². The van der Waals surface area contributed by atoms with Gasteiger partial charge in [0, 0.05) is 4.88 Å². The van der Waals surface area contributed by atoms with Gasteiger partial charge in [-0.2, -0.15) is 5.10 Å². The fourth-order valence-corrected chi connectivity index (χ4v) is 3.48. The quantitative estimate of drug-likeness (QED) is 0.758. The maximum Gasteiger partial charge on any atom is 0.242 e. The largest absolute Gasteiger partial charge is 0.347 e. The molecule has 3 aromatic rings. The Morgan fingerprint density at radius 1 is 1.30 bits per heavy atom. The van der Waals surface area contributed by atoms with Crippen LogP contribution in [0.5, 0.6) is 0 Å². The molecule has 118 valence electrons. The van der Waals surface area contributed by atoms with E-state index < -0.39 is 0 Å². The van der Waals surface area contributed by atoms with Gasteiger partial charge in [0.2, 0.25) is 5.91 Å². The Kier molecular flexibility index (Phi) is 4.83. The first-order chi connectivity index (χ1) is 11.2. The summed E-state index contributed by atoms with van der Waals surface area (Å²) in [6.07, 6.45) is 3.74. The monoisotopic (exact) mass is 326 g/mol.